The largest absolute Gasteiger partial charge is 0.487 e. The molecule has 1 amide bonds. The highest BCUT2D eigenvalue weighted by molar-refractivity contribution is 6.36. The van der Waals surface area contributed by atoms with Crippen molar-refractivity contribution in [3.05, 3.63) is 103 Å². The Kier molecular flexibility index (Phi) is 7.67. The van der Waals surface area contributed by atoms with E-state index in [0.717, 1.165) is 5.56 Å². The van der Waals surface area contributed by atoms with Crippen molar-refractivity contribution in [1.82, 2.24) is 0 Å². The quantitative estimate of drug-likeness (QED) is 0.183. The van der Waals surface area contributed by atoms with Crippen LogP contribution in [0.15, 0.2) is 66.2 Å². The highest BCUT2D eigenvalue weighted by Gasteiger charge is 2.17. The van der Waals surface area contributed by atoms with Crippen LogP contribution in [0.2, 0.25) is 10.0 Å². The molecule has 0 radical (unpaired) electrons. The monoisotopic (exact) mass is 481 g/mol. The lowest BCUT2D eigenvalue weighted by Crippen LogP contribution is -2.14. The van der Waals surface area contributed by atoms with Crippen molar-refractivity contribution in [2.24, 2.45) is 0 Å². The first-order chi connectivity index (χ1) is 15.8. The Hall–Kier alpha value is -3.86. The van der Waals surface area contributed by atoms with Crippen molar-refractivity contribution in [2.75, 3.05) is 5.32 Å². The summed E-state index contributed by atoms with van der Waals surface area (Å²) in [4.78, 5) is 23.2. The van der Waals surface area contributed by atoms with E-state index in [1.54, 1.807) is 6.92 Å². The summed E-state index contributed by atoms with van der Waals surface area (Å²) in [7, 11) is 0. The number of rotatable bonds is 7. The van der Waals surface area contributed by atoms with Gasteiger partial charge in [0.25, 0.3) is 11.6 Å². The smallest absolute Gasteiger partial charge is 0.271 e. The number of hydrogen-bond donors (Lipinski definition) is 1. The van der Waals surface area contributed by atoms with Gasteiger partial charge in [-0.1, -0.05) is 59.6 Å². The van der Waals surface area contributed by atoms with Gasteiger partial charge in [0.1, 0.15) is 24.0 Å². The van der Waals surface area contributed by atoms with Crippen LogP contribution in [0, 0.1) is 28.4 Å². The number of nitriles is 1. The van der Waals surface area contributed by atoms with E-state index in [1.165, 1.54) is 36.4 Å². The molecule has 3 rings (SSSR count). The summed E-state index contributed by atoms with van der Waals surface area (Å²) >= 11 is 12.4. The second-order valence-electron chi connectivity index (χ2n) is 6.96. The third-order valence-corrected chi connectivity index (χ3v) is 5.11. The Bertz CT molecular complexity index is 1280. The van der Waals surface area contributed by atoms with Gasteiger partial charge >= 0.3 is 0 Å². The van der Waals surface area contributed by atoms with Crippen molar-refractivity contribution in [2.45, 2.75) is 13.5 Å². The van der Waals surface area contributed by atoms with Gasteiger partial charge < -0.3 is 10.1 Å². The summed E-state index contributed by atoms with van der Waals surface area (Å²) < 4.78 is 5.86. The van der Waals surface area contributed by atoms with Gasteiger partial charge in [0.05, 0.1) is 15.6 Å². The first-order valence-corrected chi connectivity index (χ1v) is 10.4. The predicted molar refractivity (Wildman–Crippen MR) is 127 cm³/mol. The lowest BCUT2D eigenvalue weighted by atomic mass is 10.1. The molecule has 0 bridgehead atoms. The van der Waals surface area contributed by atoms with Gasteiger partial charge in [-0.15, -0.1) is 0 Å². The molecule has 1 N–H and O–H groups in total. The molecule has 0 aromatic heterocycles. The fourth-order valence-corrected chi connectivity index (χ4v) is 3.49. The fourth-order valence-electron chi connectivity index (χ4n) is 2.92. The average molecular weight is 482 g/mol. The minimum atomic E-state index is -0.744. The Balaban J connectivity index is 1.91. The molecule has 33 heavy (non-hydrogen) atoms. The van der Waals surface area contributed by atoms with Gasteiger partial charge in [0.15, 0.2) is 0 Å². The number of nitro groups is 1. The van der Waals surface area contributed by atoms with E-state index in [0.29, 0.717) is 16.1 Å². The molecule has 166 valence electrons. The summed E-state index contributed by atoms with van der Waals surface area (Å²) in [5.74, 6) is -0.483. The zero-order valence-electron chi connectivity index (χ0n) is 17.3. The molecular formula is C24H17Cl2N3O4. The van der Waals surface area contributed by atoms with Gasteiger partial charge in [0.2, 0.25) is 0 Å². The number of hydrogen-bond acceptors (Lipinski definition) is 5. The van der Waals surface area contributed by atoms with E-state index in [-0.39, 0.29) is 34.3 Å². The summed E-state index contributed by atoms with van der Waals surface area (Å²) in [6.07, 6.45) is 1.31. The van der Waals surface area contributed by atoms with Crippen LogP contribution in [0.1, 0.15) is 16.7 Å². The van der Waals surface area contributed by atoms with Gasteiger partial charge in [-0.2, -0.15) is 5.26 Å². The van der Waals surface area contributed by atoms with E-state index in [4.69, 9.17) is 27.9 Å². The van der Waals surface area contributed by atoms with E-state index >= 15 is 0 Å². The number of ether oxygens (including phenoxy) is 1. The number of benzene rings is 3. The van der Waals surface area contributed by atoms with E-state index in [2.05, 4.69) is 5.32 Å². The SMILES string of the molecule is Cc1ccc([N+](=O)[O-])cc1NC(=O)/C(C#N)=C/c1cc(Cl)cc(Cl)c1OCc1ccccc1. The first kappa shape index (κ1) is 23.8. The maximum absolute atomic E-state index is 12.8. The lowest BCUT2D eigenvalue weighted by molar-refractivity contribution is -0.384. The van der Waals surface area contributed by atoms with E-state index < -0.39 is 10.8 Å². The van der Waals surface area contributed by atoms with Crippen LogP contribution in [-0.2, 0) is 11.4 Å². The Morgan fingerprint density at radius 2 is 1.91 bits per heavy atom. The Morgan fingerprint density at radius 3 is 2.58 bits per heavy atom. The second kappa shape index (κ2) is 10.6. The molecule has 0 saturated heterocycles. The second-order valence-corrected chi connectivity index (χ2v) is 7.80. The highest BCUT2D eigenvalue weighted by Crippen LogP contribution is 2.34. The number of aryl methyl sites for hydroxylation is 1. The number of halogens is 2. The van der Waals surface area contributed by atoms with Crippen LogP contribution < -0.4 is 10.1 Å². The first-order valence-electron chi connectivity index (χ1n) is 9.62. The summed E-state index contributed by atoms with van der Waals surface area (Å²) in [5, 5.41) is 23.7. The molecule has 0 fully saturated rings. The topological polar surface area (TPSA) is 105 Å². The molecule has 0 aliphatic heterocycles. The average Bonchev–Trinajstić information content (AvgIpc) is 2.78. The normalized spacial score (nSPS) is 10.9. The number of nitro benzene ring substituents is 1. The van der Waals surface area contributed by atoms with Gasteiger partial charge in [-0.05, 0) is 36.3 Å². The minimum absolute atomic E-state index is 0.184. The number of non-ortho nitro benzene ring substituents is 1. The maximum atomic E-state index is 12.8. The zero-order chi connectivity index (χ0) is 24.0. The van der Waals surface area contributed by atoms with Gasteiger partial charge in [-0.3, -0.25) is 14.9 Å². The number of nitrogens with one attached hydrogen (secondary N) is 1. The van der Waals surface area contributed by atoms with Crippen molar-refractivity contribution >= 4 is 46.6 Å². The van der Waals surface area contributed by atoms with Gasteiger partial charge in [0, 0.05) is 22.7 Å². The lowest BCUT2D eigenvalue weighted by Gasteiger charge is -2.13. The molecule has 0 aliphatic carbocycles. The van der Waals surface area contributed by atoms with Crippen molar-refractivity contribution in [3.63, 3.8) is 0 Å². The predicted octanol–water partition coefficient (Wildman–Crippen LogP) is 6.33. The number of amides is 1. The van der Waals surface area contributed by atoms with Crippen LogP contribution in [-0.4, -0.2) is 10.8 Å². The Labute approximate surface area is 200 Å². The minimum Gasteiger partial charge on any atom is -0.487 e. The summed E-state index contributed by atoms with van der Waals surface area (Å²) in [5.41, 5.74) is 1.62. The van der Waals surface area contributed by atoms with Crippen molar-refractivity contribution in [1.29, 1.82) is 5.26 Å². The molecule has 0 saturated carbocycles. The number of carbonyl (C=O) groups is 1. The molecule has 0 heterocycles. The number of anilines is 1. The highest BCUT2D eigenvalue weighted by atomic mass is 35.5. The molecule has 0 aliphatic rings. The third-order valence-electron chi connectivity index (χ3n) is 4.61. The van der Waals surface area contributed by atoms with Gasteiger partial charge in [-0.25, -0.2) is 0 Å². The van der Waals surface area contributed by atoms with Crippen LogP contribution >= 0.6 is 23.2 Å². The summed E-state index contributed by atoms with van der Waals surface area (Å²) in [6.45, 7) is 1.89. The Morgan fingerprint density at radius 1 is 1.18 bits per heavy atom. The molecule has 0 atom stereocenters. The maximum Gasteiger partial charge on any atom is 0.271 e. The molecular weight excluding hydrogens is 465 g/mol. The van der Waals surface area contributed by atoms with Crippen molar-refractivity contribution in [3.8, 4) is 11.8 Å². The summed E-state index contributed by atoms with van der Waals surface area (Å²) in [6, 6.07) is 18.3. The van der Waals surface area contributed by atoms with Crippen LogP contribution in [0.3, 0.4) is 0 Å². The molecule has 3 aromatic carbocycles. The third kappa shape index (κ3) is 6.10. The molecule has 0 unspecified atom stereocenters. The molecule has 0 spiro atoms. The standard InChI is InChI=1S/C24H17Cl2N3O4/c1-15-7-8-20(29(31)32)12-22(15)28-24(30)18(13-27)9-17-10-19(25)11-21(26)23(17)33-14-16-5-3-2-4-6-16/h2-12H,14H2,1H3,(H,28,30)/b18-9+. The molecule has 7 nitrogen and oxygen atoms in total. The van der Waals surface area contributed by atoms with E-state index in [1.807, 2.05) is 36.4 Å². The van der Waals surface area contributed by atoms with Crippen LogP contribution in [0.5, 0.6) is 5.75 Å². The number of carbonyl (C=O) groups excluding carboxylic acids is 1. The number of nitrogens with zero attached hydrogens (tertiary/aromatic N) is 2. The zero-order valence-corrected chi connectivity index (χ0v) is 18.9. The van der Waals surface area contributed by atoms with Crippen LogP contribution in [0.25, 0.3) is 6.08 Å². The molecule has 9 heteroatoms. The molecule has 3 aromatic rings. The van der Waals surface area contributed by atoms with Crippen molar-refractivity contribution < 1.29 is 14.5 Å². The van der Waals surface area contributed by atoms with Crippen LogP contribution in [0.4, 0.5) is 11.4 Å². The fraction of sp³-hybridized carbons (Fsp3) is 0.0833. The van der Waals surface area contributed by atoms with E-state index in [9.17, 15) is 20.2 Å².